The molecule has 0 aliphatic carbocycles. The molecule has 1 aliphatic rings. The first-order chi connectivity index (χ1) is 12.1. The van der Waals surface area contributed by atoms with Crippen LogP contribution in [-0.2, 0) is 6.42 Å². The van der Waals surface area contributed by atoms with Crippen LogP contribution in [0.15, 0.2) is 53.5 Å². The molecule has 5 nitrogen and oxygen atoms in total. The van der Waals surface area contributed by atoms with E-state index in [1.807, 2.05) is 22.8 Å². The number of hydrogen-bond donors (Lipinski definition) is 1. The van der Waals surface area contributed by atoms with Gasteiger partial charge in [-0.1, -0.05) is 24.3 Å². The van der Waals surface area contributed by atoms with E-state index in [2.05, 4.69) is 12.2 Å². The van der Waals surface area contributed by atoms with Crippen LogP contribution in [0.1, 0.15) is 28.9 Å². The van der Waals surface area contributed by atoms with Crippen molar-refractivity contribution in [1.82, 2.24) is 4.57 Å². The number of carbonyl (C=O) groups is 1. The van der Waals surface area contributed by atoms with E-state index in [1.54, 1.807) is 37.6 Å². The van der Waals surface area contributed by atoms with Crippen LogP contribution in [0, 0.1) is 0 Å². The molecule has 1 aromatic heterocycles. The molecule has 3 aromatic rings. The fourth-order valence-corrected chi connectivity index (χ4v) is 3.52. The molecule has 2 aromatic carbocycles. The number of nitrogens with one attached hydrogen (secondary N) is 1. The van der Waals surface area contributed by atoms with E-state index in [0.717, 1.165) is 17.5 Å². The van der Waals surface area contributed by atoms with Gasteiger partial charge in [-0.05, 0) is 37.1 Å². The summed E-state index contributed by atoms with van der Waals surface area (Å²) in [7, 11) is 1.54. The summed E-state index contributed by atoms with van der Waals surface area (Å²) in [6, 6.07) is 13.1. The number of pyridine rings is 1. The Balaban J connectivity index is 1.82. The van der Waals surface area contributed by atoms with Gasteiger partial charge in [-0.3, -0.25) is 9.59 Å². The van der Waals surface area contributed by atoms with E-state index in [9.17, 15) is 9.59 Å². The smallest absolute Gasteiger partial charge is 0.261 e. The molecule has 1 amide bonds. The van der Waals surface area contributed by atoms with Gasteiger partial charge < -0.3 is 14.6 Å². The molecule has 2 heterocycles. The Bertz CT molecular complexity index is 1050. The Morgan fingerprint density at radius 3 is 2.80 bits per heavy atom. The second kappa shape index (κ2) is 5.77. The maximum atomic E-state index is 12.8. The number of benzene rings is 2. The van der Waals surface area contributed by atoms with E-state index in [-0.39, 0.29) is 17.0 Å². The van der Waals surface area contributed by atoms with Gasteiger partial charge in [0.25, 0.3) is 5.91 Å². The van der Waals surface area contributed by atoms with Crippen molar-refractivity contribution < 1.29 is 9.53 Å². The summed E-state index contributed by atoms with van der Waals surface area (Å²) in [5.74, 6) is 0.126. The number of rotatable bonds is 3. The first kappa shape index (κ1) is 15.4. The van der Waals surface area contributed by atoms with E-state index in [0.29, 0.717) is 16.8 Å². The van der Waals surface area contributed by atoms with E-state index < -0.39 is 5.91 Å². The molecule has 0 spiro atoms. The predicted octanol–water partition coefficient (Wildman–Crippen LogP) is 3.38. The third-order valence-electron chi connectivity index (χ3n) is 4.73. The lowest BCUT2D eigenvalue weighted by molar-refractivity contribution is 0.102. The molecular formula is C20H18N2O3. The van der Waals surface area contributed by atoms with Gasteiger partial charge in [0.15, 0.2) is 0 Å². The van der Waals surface area contributed by atoms with Crippen molar-refractivity contribution in [1.29, 1.82) is 0 Å². The van der Waals surface area contributed by atoms with Crippen LogP contribution in [-0.4, -0.2) is 17.6 Å². The lowest BCUT2D eigenvalue weighted by Crippen LogP contribution is -2.24. The minimum Gasteiger partial charge on any atom is -0.495 e. The molecule has 126 valence electrons. The minimum atomic E-state index is -0.426. The first-order valence-electron chi connectivity index (χ1n) is 8.21. The molecule has 0 saturated heterocycles. The Labute approximate surface area is 144 Å². The molecular weight excluding hydrogens is 316 g/mol. The lowest BCUT2D eigenvalue weighted by Gasteiger charge is -2.13. The highest BCUT2D eigenvalue weighted by Gasteiger charge is 2.24. The van der Waals surface area contributed by atoms with Gasteiger partial charge in [0.1, 0.15) is 11.3 Å². The second-order valence-corrected chi connectivity index (χ2v) is 6.30. The number of ether oxygens (including phenoxy) is 1. The summed E-state index contributed by atoms with van der Waals surface area (Å²) in [4.78, 5) is 25.6. The van der Waals surface area contributed by atoms with Gasteiger partial charge >= 0.3 is 0 Å². The second-order valence-electron chi connectivity index (χ2n) is 6.30. The Kier molecular flexibility index (Phi) is 3.57. The average molecular weight is 334 g/mol. The standard InChI is InChI=1S/C20H18N2O3/c1-12-10-13-6-5-7-14-18(13)22(12)11-15(19(14)23)20(24)21-16-8-3-4-9-17(16)25-2/h3-9,11-12H,10H2,1-2H3,(H,21,24)/t12-/m0/s1. The molecule has 1 atom stereocenters. The average Bonchev–Trinajstić information content (AvgIpc) is 2.94. The number of carbonyl (C=O) groups excluding carboxylic acids is 1. The summed E-state index contributed by atoms with van der Waals surface area (Å²) in [6.45, 7) is 2.09. The largest absolute Gasteiger partial charge is 0.495 e. The predicted molar refractivity (Wildman–Crippen MR) is 97.6 cm³/mol. The van der Waals surface area contributed by atoms with Crippen LogP contribution in [0.3, 0.4) is 0 Å². The van der Waals surface area contributed by atoms with Crippen molar-refractivity contribution in [2.75, 3.05) is 12.4 Å². The molecule has 1 aliphatic heterocycles. The Hall–Kier alpha value is -3.08. The maximum absolute atomic E-state index is 12.8. The van der Waals surface area contributed by atoms with E-state index in [4.69, 9.17) is 4.74 Å². The SMILES string of the molecule is COc1ccccc1NC(=O)c1cn2c3c(cccc3c1=O)C[C@@H]2C. The normalized spacial score (nSPS) is 15.4. The number of hydrogen-bond acceptors (Lipinski definition) is 3. The van der Waals surface area contributed by atoms with Gasteiger partial charge in [-0.2, -0.15) is 0 Å². The molecule has 0 radical (unpaired) electrons. The number of aromatic nitrogens is 1. The molecule has 5 heteroatoms. The van der Waals surface area contributed by atoms with Crippen LogP contribution in [0.2, 0.25) is 0 Å². The molecule has 0 bridgehead atoms. The topological polar surface area (TPSA) is 60.3 Å². The fourth-order valence-electron chi connectivity index (χ4n) is 3.52. The van der Waals surface area contributed by atoms with Gasteiger partial charge in [-0.25, -0.2) is 0 Å². The van der Waals surface area contributed by atoms with Crippen molar-refractivity contribution >= 4 is 22.5 Å². The molecule has 4 rings (SSSR count). The van der Waals surface area contributed by atoms with Gasteiger partial charge in [0.05, 0.1) is 18.3 Å². The molecule has 1 N–H and O–H groups in total. The van der Waals surface area contributed by atoms with Crippen molar-refractivity contribution in [2.45, 2.75) is 19.4 Å². The number of anilines is 1. The fraction of sp³-hybridized carbons (Fsp3) is 0.200. The number of amides is 1. The quantitative estimate of drug-likeness (QED) is 0.799. The number of nitrogens with zero attached hydrogens (tertiary/aromatic N) is 1. The molecule has 0 unspecified atom stereocenters. The molecule has 25 heavy (non-hydrogen) atoms. The third kappa shape index (κ3) is 2.39. The van der Waals surface area contributed by atoms with Crippen LogP contribution in [0.25, 0.3) is 10.9 Å². The van der Waals surface area contributed by atoms with Crippen LogP contribution >= 0.6 is 0 Å². The lowest BCUT2D eigenvalue weighted by atomic mass is 10.1. The molecule has 0 fully saturated rings. The van der Waals surface area contributed by atoms with Crippen molar-refractivity contribution in [3.05, 3.63) is 70.0 Å². The van der Waals surface area contributed by atoms with Gasteiger partial charge in [-0.15, -0.1) is 0 Å². The van der Waals surface area contributed by atoms with Crippen molar-refractivity contribution in [3.63, 3.8) is 0 Å². The number of methoxy groups -OCH3 is 1. The van der Waals surface area contributed by atoms with E-state index >= 15 is 0 Å². The Morgan fingerprint density at radius 2 is 2.00 bits per heavy atom. The summed E-state index contributed by atoms with van der Waals surface area (Å²) in [5.41, 5.74) is 2.53. The molecule has 0 saturated carbocycles. The van der Waals surface area contributed by atoms with E-state index in [1.165, 1.54) is 0 Å². The van der Waals surface area contributed by atoms with Gasteiger partial charge in [0.2, 0.25) is 5.43 Å². The van der Waals surface area contributed by atoms with Crippen LogP contribution in [0.5, 0.6) is 5.75 Å². The Morgan fingerprint density at radius 1 is 1.20 bits per heavy atom. The third-order valence-corrected chi connectivity index (χ3v) is 4.73. The highest BCUT2D eigenvalue weighted by molar-refractivity contribution is 6.06. The highest BCUT2D eigenvalue weighted by Crippen LogP contribution is 2.31. The summed E-state index contributed by atoms with van der Waals surface area (Å²) in [6.07, 6.45) is 2.55. The summed E-state index contributed by atoms with van der Waals surface area (Å²) < 4.78 is 7.29. The minimum absolute atomic E-state index is 0.143. The zero-order valence-corrected chi connectivity index (χ0v) is 14.1. The van der Waals surface area contributed by atoms with Crippen LogP contribution < -0.4 is 15.5 Å². The number of para-hydroxylation sites is 3. The van der Waals surface area contributed by atoms with Crippen LogP contribution in [0.4, 0.5) is 5.69 Å². The summed E-state index contributed by atoms with van der Waals surface area (Å²) in [5, 5.41) is 3.38. The zero-order valence-electron chi connectivity index (χ0n) is 14.1. The first-order valence-corrected chi connectivity index (χ1v) is 8.21. The highest BCUT2D eigenvalue weighted by atomic mass is 16.5. The monoisotopic (exact) mass is 334 g/mol. The summed E-state index contributed by atoms with van der Waals surface area (Å²) >= 11 is 0. The zero-order chi connectivity index (χ0) is 17.6. The van der Waals surface area contributed by atoms with Crippen molar-refractivity contribution in [2.24, 2.45) is 0 Å². The van der Waals surface area contributed by atoms with Crippen molar-refractivity contribution in [3.8, 4) is 5.75 Å². The van der Waals surface area contributed by atoms with Gasteiger partial charge in [0, 0.05) is 17.6 Å². The maximum Gasteiger partial charge on any atom is 0.261 e.